The van der Waals surface area contributed by atoms with Crippen LogP contribution in [0.2, 0.25) is 5.02 Å². The number of carbonyl (C=O) groups excluding carboxylic acids is 1. The molecule has 0 aromatic heterocycles. The van der Waals surface area contributed by atoms with E-state index < -0.39 is 5.09 Å². The summed E-state index contributed by atoms with van der Waals surface area (Å²) >= 11 is 5.54. The molecule has 0 N–H and O–H groups in total. The highest BCUT2D eigenvalue weighted by Crippen LogP contribution is 2.21. The van der Waals surface area contributed by atoms with Crippen molar-refractivity contribution in [2.24, 2.45) is 0 Å². The molecular formula is C26H38ClNO6. The zero-order valence-corrected chi connectivity index (χ0v) is 21.5. The Bertz CT molecular complexity index is 744. The lowest BCUT2D eigenvalue weighted by molar-refractivity contribution is -0.769. The summed E-state index contributed by atoms with van der Waals surface area (Å²) < 4.78 is 9.95. The van der Waals surface area contributed by atoms with Crippen LogP contribution in [0.4, 0.5) is 0 Å². The second-order valence-corrected chi connectivity index (χ2v) is 7.34. The Morgan fingerprint density at radius 1 is 1.26 bits per heavy atom. The minimum absolute atomic E-state index is 0.122. The number of ether oxygens (including phenoxy) is 2. The van der Waals surface area contributed by atoms with E-state index in [1.807, 2.05) is 51.1 Å². The van der Waals surface area contributed by atoms with Gasteiger partial charge in [-0.1, -0.05) is 69.5 Å². The smallest absolute Gasteiger partial charge is 0.298 e. The molecule has 2 fully saturated rings. The van der Waals surface area contributed by atoms with Crippen molar-refractivity contribution in [3.8, 4) is 12.3 Å². The lowest BCUT2D eigenvalue weighted by Gasteiger charge is -2.18. The van der Waals surface area contributed by atoms with Crippen LogP contribution in [0.15, 0.2) is 53.8 Å². The van der Waals surface area contributed by atoms with Gasteiger partial charge in [0.15, 0.2) is 0 Å². The first-order valence-electron chi connectivity index (χ1n) is 11.3. The Morgan fingerprint density at radius 3 is 2.18 bits per heavy atom. The first-order chi connectivity index (χ1) is 16.3. The number of benzene rings is 1. The quantitative estimate of drug-likeness (QED) is 0.144. The van der Waals surface area contributed by atoms with E-state index in [2.05, 4.69) is 23.8 Å². The summed E-state index contributed by atoms with van der Waals surface area (Å²) in [6.45, 7) is 12.9. The summed E-state index contributed by atoms with van der Waals surface area (Å²) in [5.41, 5.74) is 1.79. The van der Waals surface area contributed by atoms with Crippen LogP contribution in [-0.4, -0.2) is 30.9 Å². The van der Waals surface area contributed by atoms with Crippen LogP contribution < -0.4 is 0 Å². The van der Waals surface area contributed by atoms with Crippen LogP contribution in [0.1, 0.15) is 66.2 Å². The molecule has 0 spiro atoms. The number of halogens is 1. The van der Waals surface area contributed by atoms with Gasteiger partial charge in [-0.25, -0.2) is 0 Å². The number of allylic oxidation sites excluding steroid dienone is 1. The van der Waals surface area contributed by atoms with Gasteiger partial charge in [0.1, 0.15) is 11.9 Å². The topological polar surface area (TPSA) is 87.9 Å². The molecule has 1 saturated heterocycles. The Labute approximate surface area is 209 Å². The van der Waals surface area contributed by atoms with Crippen LogP contribution in [0.5, 0.6) is 0 Å². The molecule has 1 aliphatic heterocycles. The number of hydrogen-bond acceptors (Lipinski definition) is 6. The number of terminal acetylenes is 1. The summed E-state index contributed by atoms with van der Waals surface area (Å²) in [6.07, 6.45) is 10.3. The Hall–Kier alpha value is -2.82. The standard InChI is InChI=1S/C9H12O3.C6H5Cl.C6H11NO3.C3H4.C2H6/c1-7(2)9(12-6-10)8-3-4-11-5-8;7-6-4-2-1-3-5-6;8-7(9)10-6-4-2-1-3-5-6;1-3-2;1-2/h6H,1,3-5H2,2H3;1-5H;6H,1-5H2;1H,2H3;1-2H3/b9-8-;;;;. The van der Waals surface area contributed by atoms with E-state index in [1.165, 1.54) is 6.42 Å². The van der Waals surface area contributed by atoms with Gasteiger partial charge in [0.05, 0.1) is 13.2 Å². The molecule has 1 aromatic rings. The molecule has 0 bridgehead atoms. The minimum Gasteiger partial charge on any atom is -0.428 e. The van der Waals surface area contributed by atoms with Crippen molar-refractivity contribution in [1.82, 2.24) is 0 Å². The molecule has 1 saturated carbocycles. The van der Waals surface area contributed by atoms with Gasteiger partial charge in [-0.3, -0.25) is 4.79 Å². The Balaban J connectivity index is 0. The Kier molecular flexibility index (Phi) is 22.9. The number of hydrogen-bond donors (Lipinski definition) is 0. The van der Waals surface area contributed by atoms with Crippen molar-refractivity contribution in [3.63, 3.8) is 0 Å². The van der Waals surface area contributed by atoms with Crippen molar-refractivity contribution < 1.29 is 24.2 Å². The SMILES string of the molecule is C#CC.C=C(C)/C(OC=O)=C1\CCOC1.CC.Clc1ccccc1.O=[N+]([O-])OC1CCCCC1. The van der Waals surface area contributed by atoms with Crippen molar-refractivity contribution in [2.75, 3.05) is 13.2 Å². The molecule has 7 nitrogen and oxygen atoms in total. The highest BCUT2D eigenvalue weighted by molar-refractivity contribution is 6.30. The van der Waals surface area contributed by atoms with Gasteiger partial charge < -0.3 is 14.3 Å². The molecule has 0 unspecified atom stereocenters. The molecule has 34 heavy (non-hydrogen) atoms. The molecule has 190 valence electrons. The molecule has 8 heteroatoms. The molecule has 2 aliphatic rings. The minimum atomic E-state index is -0.685. The third-order valence-corrected chi connectivity index (χ3v) is 4.47. The molecule has 1 heterocycles. The van der Waals surface area contributed by atoms with Crippen LogP contribution in [0, 0.1) is 22.5 Å². The van der Waals surface area contributed by atoms with E-state index in [4.69, 9.17) is 21.1 Å². The molecule has 3 rings (SSSR count). The number of rotatable bonds is 5. The molecule has 0 atom stereocenters. The van der Waals surface area contributed by atoms with Crippen LogP contribution in [-0.2, 0) is 19.1 Å². The largest absolute Gasteiger partial charge is 0.428 e. The van der Waals surface area contributed by atoms with Crippen LogP contribution in [0.3, 0.4) is 0 Å². The molecule has 1 aliphatic carbocycles. The van der Waals surface area contributed by atoms with Gasteiger partial charge in [-0.15, -0.1) is 22.5 Å². The highest BCUT2D eigenvalue weighted by Gasteiger charge is 2.16. The van der Waals surface area contributed by atoms with Gasteiger partial charge in [-0.2, -0.15) is 0 Å². The normalized spacial score (nSPS) is 15.4. The van der Waals surface area contributed by atoms with Crippen molar-refractivity contribution in [3.05, 3.63) is 69.0 Å². The maximum atomic E-state index is 10.1. The van der Waals surface area contributed by atoms with Crippen LogP contribution >= 0.6 is 11.6 Å². The predicted molar refractivity (Wildman–Crippen MR) is 137 cm³/mol. The van der Waals surface area contributed by atoms with Gasteiger partial charge in [0.25, 0.3) is 11.6 Å². The van der Waals surface area contributed by atoms with Crippen molar-refractivity contribution >= 4 is 18.1 Å². The van der Waals surface area contributed by atoms with Crippen molar-refractivity contribution in [1.29, 1.82) is 0 Å². The average molecular weight is 496 g/mol. The second-order valence-electron chi connectivity index (χ2n) is 6.90. The van der Waals surface area contributed by atoms with Gasteiger partial charge >= 0.3 is 0 Å². The Morgan fingerprint density at radius 2 is 1.82 bits per heavy atom. The third kappa shape index (κ3) is 18.7. The van der Waals surface area contributed by atoms with Gasteiger partial charge in [0.2, 0.25) is 0 Å². The highest BCUT2D eigenvalue weighted by atomic mass is 35.5. The van der Waals surface area contributed by atoms with E-state index in [0.717, 1.165) is 48.3 Å². The molecular weight excluding hydrogens is 458 g/mol. The monoisotopic (exact) mass is 495 g/mol. The maximum Gasteiger partial charge on any atom is 0.298 e. The zero-order chi connectivity index (χ0) is 26.2. The summed E-state index contributed by atoms with van der Waals surface area (Å²) in [5.74, 6) is 2.84. The molecule has 0 amide bonds. The first kappa shape index (κ1) is 33.4. The molecule has 1 aromatic carbocycles. The van der Waals surface area contributed by atoms with Crippen molar-refractivity contribution in [2.45, 2.75) is 72.3 Å². The van der Waals surface area contributed by atoms with Gasteiger partial charge in [-0.05, 0) is 50.8 Å². The lowest BCUT2D eigenvalue weighted by Crippen LogP contribution is -2.19. The first-order valence-corrected chi connectivity index (χ1v) is 11.7. The molecule has 0 radical (unpaired) electrons. The van der Waals surface area contributed by atoms with E-state index >= 15 is 0 Å². The number of carbonyl (C=O) groups is 1. The van der Waals surface area contributed by atoms with E-state index in [-0.39, 0.29) is 6.10 Å². The average Bonchev–Trinajstić information content (AvgIpc) is 3.35. The second kappa shape index (κ2) is 23.3. The van der Waals surface area contributed by atoms with Gasteiger partial charge in [0, 0.05) is 10.6 Å². The van der Waals surface area contributed by atoms with E-state index in [9.17, 15) is 14.9 Å². The fraction of sp³-hybridized carbons (Fsp3) is 0.500. The summed E-state index contributed by atoms with van der Waals surface area (Å²) in [7, 11) is 0. The fourth-order valence-corrected chi connectivity index (χ4v) is 3.03. The van der Waals surface area contributed by atoms with E-state index in [1.54, 1.807) is 6.92 Å². The predicted octanol–water partition coefficient (Wildman–Crippen LogP) is 6.94. The maximum absolute atomic E-state index is 10.1. The lowest BCUT2D eigenvalue weighted by atomic mass is 9.98. The fourth-order valence-electron chi connectivity index (χ4n) is 2.88. The third-order valence-electron chi connectivity index (χ3n) is 4.22. The van der Waals surface area contributed by atoms with Crippen LogP contribution in [0.25, 0.3) is 0 Å². The van der Waals surface area contributed by atoms with E-state index in [0.29, 0.717) is 25.4 Å². The summed E-state index contributed by atoms with van der Waals surface area (Å²) in [6, 6.07) is 9.44. The summed E-state index contributed by atoms with van der Waals surface area (Å²) in [4.78, 5) is 24.4. The zero-order valence-electron chi connectivity index (χ0n) is 20.8. The number of nitrogens with zero attached hydrogens (tertiary/aromatic N) is 1. The summed E-state index contributed by atoms with van der Waals surface area (Å²) in [5, 5.41) is 9.96.